The molecule has 0 saturated carbocycles. The van der Waals surface area contributed by atoms with Crippen LogP contribution in [0.15, 0.2) is 48.5 Å². The Morgan fingerprint density at radius 3 is 2.54 bits per heavy atom. The van der Waals surface area contributed by atoms with Crippen molar-refractivity contribution in [3.05, 3.63) is 65.5 Å². The van der Waals surface area contributed by atoms with Gasteiger partial charge >= 0.3 is 0 Å². The zero-order valence-corrected chi connectivity index (χ0v) is 15.3. The minimum atomic E-state index is -0.262. The van der Waals surface area contributed by atoms with Gasteiger partial charge in [-0.3, -0.25) is 9.69 Å². The molecular weight excluding hydrogens is 331 g/mol. The largest absolute Gasteiger partial charge is 0.497 e. The first-order valence-electron chi connectivity index (χ1n) is 8.93. The zero-order chi connectivity index (χ0) is 18.5. The lowest BCUT2D eigenvalue weighted by Crippen LogP contribution is -2.37. The molecule has 1 amide bonds. The van der Waals surface area contributed by atoms with Crippen LogP contribution in [0, 0.1) is 5.82 Å². The Morgan fingerprint density at radius 2 is 1.88 bits per heavy atom. The molecule has 26 heavy (non-hydrogen) atoms. The number of nitrogens with zero attached hydrogens (tertiary/aromatic N) is 2. The van der Waals surface area contributed by atoms with Crippen LogP contribution in [-0.4, -0.2) is 43.0 Å². The van der Waals surface area contributed by atoms with Crippen molar-refractivity contribution < 1.29 is 13.9 Å². The Morgan fingerprint density at radius 1 is 1.19 bits per heavy atom. The molecule has 138 valence electrons. The average Bonchev–Trinajstić information content (AvgIpc) is 3.11. The molecule has 2 aromatic rings. The van der Waals surface area contributed by atoms with Crippen molar-refractivity contribution >= 4 is 5.91 Å². The molecule has 1 aliphatic heterocycles. The molecule has 1 atom stereocenters. The highest BCUT2D eigenvalue weighted by Crippen LogP contribution is 2.32. The number of halogens is 1. The molecule has 1 saturated heterocycles. The van der Waals surface area contributed by atoms with Crippen molar-refractivity contribution in [3.63, 3.8) is 0 Å². The van der Waals surface area contributed by atoms with E-state index < -0.39 is 0 Å². The summed E-state index contributed by atoms with van der Waals surface area (Å²) in [5.74, 6) is 0.658. The van der Waals surface area contributed by atoms with Crippen LogP contribution in [0.25, 0.3) is 0 Å². The van der Waals surface area contributed by atoms with Gasteiger partial charge in [-0.05, 0) is 54.8 Å². The number of carbonyl (C=O) groups is 1. The monoisotopic (exact) mass is 356 g/mol. The first-order chi connectivity index (χ1) is 12.6. The van der Waals surface area contributed by atoms with Gasteiger partial charge < -0.3 is 9.64 Å². The van der Waals surface area contributed by atoms with Crippen molar-refractivity contribution in [2.75, 3.05) is 27.2 Å². The van der Waals surface area contributed by atoms with Crippen molar-refractivity contribution in [3.8, 4) is 5.75 Å². The minimum Gasteiger partial charge on any atom is -0.497 e. The molecule has 2 aromatic carbocycles. The number of rotatable bonds is 6. The first-order valence-corrected chi connectivity index (χ1v) is 8.93. The maximum atomic E-state index is 13.0. The summed E-state index contributed by atoms with van der Waals surface area (Å²) in [6.07, 6.45) is 2.15. The summed E-state index contributed by atoms with van der Waals surface area (Å²) in [5, 5.41) is 0. The Bertz CT molecular complexity index is 731. The predicted molar refractivity (Wildman–Crippen MR) is 99.4 cm³/mol. The van der Waals surface area contributed by atoms with Crippen LogP contribution in [0.3, 0.4) is 0 Å². The van der Waals surface area contributed by atoms with Gasteiger partial charge in [-0.1, -0.05) is 24.3 Å². The lowest BCUT2D eigenvalue weighted by molar-refractivity contribution is -0.131. The van der Waals surface area contributed by atoms with Gasteiger partial charge in [-0.15, -0.1) is 0 Å². The Balaban J connectivity index is 1.60. The van der Waals surface area contributed by atoms with Gasteiger partial charge in [0.25, 0.3) is 0 Å². The number of likely N-dealkylation sites (N-methyl/N-ethyl adjacent to an activating group) is 1. The van der Waals surface area contributed by atoms with Crippen LogP contribution in [0.2, 0.25) is 0 Å². The summed E-state index contributed by atoms with van der Waals surface area (Å²) in [5.41, 5.74) is 2.15. The smallest absolute Gasteiger partial charge is 0.236 e. The number of ether oxygens (including phenoxy) is 1. The molecule has 3 rings (SSSR count). The maximum Gasteiger partial charge on any atom is 0.236 e. The molecule has 4 nitrogen and oxygen atoms in total. The van der Waals surface area contributed by atoms with Crippen molar-refractivity contribution in [2.45, 2.75) is 25.4 Å². The van der Waals surface area contributed by atoms with E-state index in [1.165, 1.54) is 17.7 Å². The van der Waals surface area contributed by atoms with E-state index in [2.05, 4.69) is 17.0 Å². The third-order valence-corrected chi connectivity index (χ3v) is 4.96. The van der Waals surface area contributed by atoms with Crippen molar-refractivity contribution in [1.82, 2.24) is 9.80 Å². The molecule has 1 unspecified atom stereocenters. The first kappa shape index (κ1) is 18.4. The fraction of sp³-hybridized carbons (Fsp3) is 0.381. The normalized spacial score (nSPS) is 17.3. The molecule has 0 aliphatic carbocycles. The van der Waals surface area contributed by atoms with Crippen molar-refractivity contribution in [2.24, 2.45) is 0 Å². The predicted octanol–water partition coefficient (Wildman–Crippen LogP) is 3.63. The summed E-state index contributed by atoms with van der Waals surface area (Å²) >= 11 is 0. The van der Waals surface area contributed by atoms with Gasteiger partial charge in [0.05, 0.1) is 13.7 Å². The molecule has 5 heteroatoms. The summed E-state index contributed by atoms with van der Waals surface area (Å²) < 4.78 is 18.2. The fourth-order valence-corrected chi connectivity index (χ4v) is 3.47. The van der Waals surface area contributed by atoms with E-state index in [0.29, 0.717) is 13.1 Å². The molecule has 0 radical (unpaired) electrons. The third-order valence-electron chi connectivity index (χ3n) is 4.96. The Kier molecular flexibility index (Phi) is 5.89. The number of carbonyl (C=O) groups excluding carboxylic acids is 1. The van der Waals surface area contributed by atoms with Gasteiger partial charge in [-0.2, -0.15) is 0 Å². The Labute approximate surface area is 154 Å². The summed E-state index contributed by atoms with van der Waals surface area (Å²) in [7, 11) is 3.46. The van der Waals surface area contributed by atoms with E-state index >= 15 is 0 Å². The second-order valence-electron chi connectivity index (χ2n) is 6.78. The fourth-order valence-electron chi connectivity index (χ4n) is 3.47. The molecule has 0 spiro atoms. The van der Waals surface area contributed by atoms with E-state index in [0.717, 1.165) is 30.7 Å². The lowest BCUT2D eigenvalue weighted by atomic mass is 10.0. The molecule has 1 heterocycles. The third kappa shape index (κ3) is 4.41. The second-order valence-corrected chi connectivity index (χ2v) is 6.78. The van der Waals surface area contributed by atoms with Gasteiger partial charge in [0.2, 0.25) is 5.91 Å². The number of amides is 1. The maximum absolute atomic E-state index is 13.0. The van der Waals surface area contributed by atoms with Crippen LogP contribution in [-0.2, 0) is 11.3 Å². The van der Waals surface area contributed by atoms with Gasteiger partial charge in [0.1, 0.15) is 11.6 Å². The molecule has 0 aromatic heterocycles. The minimum absolute atomic E-state index is 0.0785. The number of hydrogen-bond donors (Lipinski definition) is 0. The number of benzene rings is 2. The number of methoxy groups -OCH3 is 1. The molecule has 0 N–H and O–H groups in total. The van der Waals surface area contributed by atoms with Crippen LogP contribution in [0.5, 0.6) is 5.75 Å². The van der Waals surface area contributed by atoms with Gasteiger partial charge in [0, 0.05) is 19.6 Å². The molecule has 0 bridgehead atoms. The van der Waals surface area contributed by atoms with Gasteiger partial charge in [0.15, 0.2) is 0 Å². The highest BCUT2D eigenvalue weighted by molar-refractivity contribution is 5.78. The van der Waals surface area contributed by atoms with Crippen LogP contribution in [0.4, 0.5) is 4.39 Å². The quantitative estimate of drug-likeness (QED) is 0.792. The van der Waals surface area contributed by atoms with Crippen LogP contribution < -0.4 is 4.74 Å². The zero-order valence-electron chi connectivity index (χ0n) is 15.3. The average molecular weight is 356 g/mol. The van der Waals surface area contributed by atoms with E-state index in [1.54, 1.807) is 31.2 Å². The number of likely N-dealkylation sites (tertiary alicyclic amines) is 1. The standard InChI is InChI=1S/C21H25FN2O2/c1-23(14-16-5-9-18(22)10-6-16)21(25)15-24-13-3-4-20(24)17-7-11-19(26-2)12-8-17/h5-12,20H,3-4,13-15H2,1-2H3. The second kappa shape index (κ2) is 8.32. The summed E-state index contributed by atoms with van der Waals surface area (Å²) in [6, 6.07) is 14.6. The SMILES string of the molecule is COc1ccc(C2CCCN2CC(=O)N(C)Cc2ccc(F)cc2)cc1. The Hall–Kier alpha value is -2.40. The summed E-state index contributed by atoms with van der Waals surface area (Å²) in [6.45, 7) is 1.81. The highest BCUT2D eigenvalue weighted by atomic mass is 19.1. The van der Waals surface area contributed by atoms with E-state index in [4.69, 9.17) is 4.74 Å². The number of hydrogen-bond acceptors (Lipinski definition) is 3. The molecular formula is C21H25FN2O2. The van der Waals surface area contributed by atoms with Gasteiger partial charge in [-0.25, -0.2) is 4.39 Å². The summed E-state index contributed by atoms with van der Waals surface area (Å²) in [4.78, 5) is 16.6. The lowest BCUT2D eigenvalue weighted by Gasteiger charge is -2.27. The highest BCUT2D eigenvalue weighted by Gasteiger charge is 2.28. The topological polar surface area (TPSA) is 32.8 Å². The van der Waals surface area contributed by atoms with E-state index in [-0.39, 0.29) is 17.8 Å². The molecule has 1 fully saturated rings. The van der Waals surface area contributed by atoms with Crippen LogP contribution in [0.1, 0.15) is 30.0 Å². The van der Waals surface area contributed by atoms with E-state index in [1.807, 2.05) is 12.1 Å². The van der Waals surface area contributed by atoms with Crippen LogP contribution >= 0.6 is 0 Å². The molecule has 1 aliphatic rings. The van der Waals surface area contributed by atoms with Crippen molar-refractivity contribution in [1.29, 1.82) is 0 Å². The van der Waals surface area contributed by atoms with E-state index in [9.17, 15) is 9.18 Å².